The first kappa shape index (κ1) is 25.9. The van der Waals surface area contributed by atoms with E-state index in [9.17, 15) is 4.79 Å². The molecule has 0 amide bonds. The number of fused-ring (bicyclic) bond motifs is 1. The highest BCUT2D eigenvalue weighted by molar-refractivity contribution is 5.89. The standard InChI is InChI=1S/C29H30N6O4/c1-5-6-11-24-30-25-22(16-23(37-2)26(38-3)27(25)39-4)29(36)35(24)17-18-12-14-19(15-13-18)20-9-7-8-10-21(20)28-31-33-34-32-28/h7-10,12-16H,5-6,11,17H2,1-4H3,(H,31,32,33,34). The summed E-state index contributed by atoms with van der Waals surface area (Å²) in [7, 11) is 4.60. The summed E-state index contributed by atoms with van der Waals surface area (Å²) in [5.74, 6) is 2.45. The van der Waals surface area contributed by atoms with Gasteiger partial charge in [0.1, 0.15) is 11.3 Å². The van der Waals surface area contributed by atoms with Crippen LogP contribution in [-0.2, 0) is 13.0 Å². The van der Waals surface area contributed by atoms with Crippen LogP contribution in [0, 0.1) is 0 Å². The number of benzene rings is 3. The topological polar surface area (TPSA) is 117 Å². The first-order valence-electron chi connectivity index (χ1n) is 12.7. The number of aryl methyl sites for hydroxylation is 1. The van der Waals surface area contributed by atoms with Gasteiger partial charge in [0, 0.05) is 12.0 Å². The lowest BCUT2D eigenvalue weighted by Crippen LogP contribution is -2.26. The van der Waals surface area contributed by atoms with Gasteiger partial charge in [0.2, 0.25) is 11.6 Å². The predicted octanol–water partition coefficient (Wildman–Crippen LogP) is 4.66. The summed E-state index contributed by atoms with van der Waals surface area (Å²) in [6, 6.07) is 17.7. The van der Waals surface area contributed by atoms with Crippen LogP contribution in [0.1, 0.15) is 31.2 Å². The third kappa shape index (κ3) is 4.93. The minimum absolute atomic E-state index is 0.156. The Hall–Kier alpha value is -4.73. The van der Waals surface area contributed by atoms with E-state index in [-0.39, 0.29) is 5.56 Å². The maximum atomic E-state index is 13.9. The second-order valence-corrected chi connectivity index (χ2v) is 9.04. The largest absolute Gasteiger partial charge is 0.493 e. The minimum atomic E-state index is -0.156. The smallest absolute Gasteiger partial charge is 0.261 e. The molecule has 0 saturated heterocycles. The van der Waals surface area contributed by atoms with Gasteiger partial charge in [-0.3, -0.25) is 9.36 Å². The third-order valence-corrected chi connectivity index (χ3v) is 6.70. The molecule has 0 fully saturated rings. The zero-order valence-corrected chi connectivity index (χ0v) is 22.4. The molecule has 0 aliphatic heterocycles. The van der Waals surface area contributed by atoms with E-state index in [1.807, 2.05) is 48.5 Å². The fourth-order valence-corrected chi connectivity index (χ4v) is 4.73. The number of H-pyrrole nitrogens is 1. The summed E-state index contributed by atoms with van der Waals surface area (Å²) >= 11 is 0. The van der Waals surface area contributed by atoms with Gasteiger partial charge in [-0.15, -0.1) is 10.2 Å². The molecule has 0 saturated carbocycles. The Morgan fingerprint density at radius 3 is 2.31 bits per heavy atom. The summed E-state index contributed by atoms with van der Waals surface area (Å²) in [6.45, 7) is 2.49. The van der Waals surface area contributed by atoms with E-state index in [4.69, 9.17) is 19.2 Å². The highest BCUT2D eigenvalue weighted by Crippen LogP contribution is 2.41. The van der Waals surface area contributed by atoms with Crippen molar-refractivity contribution in [3.63, 3.8) is 0 Å². The lowest BCUT2D eigenvalue weighted by Gasteiger charge is -2.18. The Balaban J connectivity index is 1.57. The molecule has 10 nitrogen and oxygen atoms in total. The van der Waals surface area contributed by atoms with Gasteiger partial charge in [-0.2, -0.15) is 5.21 Å². The maximum Gasteiger partial charge on any atom is 0.261 e. The van der Waals surface area contributed by atoms with Gasteiger partial charge in [-0.25, -0.2) is 4.98 Å². The number of aromatic nitrogens is 6. The lowest BCUT2D eigenvalue weighted by molar-refractivity contribution is 0.326. The van der Waals surface area contributed by atoms with Gasteiger partial charge < -0.3 is 14.2 Å². The SMILES string of the molecule is CCCCc1nc2c(OC)c(OC)c(OC)cc2c(=O)n1Cc1ccc(-c2ccccc2-c2nn[nH]n2)cc1. The number of tetrazole rings is 1. The summed E-state index contributed by atoms with van der Waals surface area (Å²) in [6.07, 6.45) is 2.54. The highest BCUT2D eigenvalue weighted by Gasteiger charge is 2.22. The van der Waals surface area contributed by atoms with Crippen LogP contribution >= 0.6 is 0 Å². The van der Waals surface area contributed by atoms with Gasteiger partial charge in [0.25, 0.3) is 5.56 Å². The molecule has 2 heterocycles. The van der Waals surface area contributed by atoms with Crippen molar-refractivity contribution in [2.45, 2.75) is 32.7 Å². The van der Waals surface area contributed by atoms with Crippen molar-refractivity contribution < 1.29 is 14.2 Å². The zero-order chi connectivity index (χ0) is 27.4. The molecule has 0 atom stereocenters. The van der Waals surface area contributed by atoms with Crippen molar-refractivity contribution in [1.29, 1.82) is 0 Å². The number of unbranched alkanes of at least 4 members (excludes halogenated alkanes) is 1. The second-order valence-electron chi connectivity index (χ2n) is 9.04. The first-order valence-corrected chi connectivity index (χ1v) is 12.7. The molecule has 0 aliphatic rings. The quantitative estimate of drug-likeness (QED) is 0.279. The van der Waals surface area contributed by atoms with Gasteiger partial charge >= 0.3 is 0 Å². The highest BCUT2D eigenvalue weighted by atomic mass is 16.5. The van der Waals surface area contributed by atoms with Gasteiger partial charge in [-0.1, -0.05) is 61.9 Å². The number of ether oxygens (including phenoxy) is 3. The Labute approximate surface area is 225 Å². The van der Waals surface area contributed by atoms with Gasteiger partial charge in [0.05, 0.1) is 33.3 Å². The fraction of sp³-hybridized carbons (Fsp3) is 0.276. The van der Waals surface area contributed by atoms with E-state index in [1.54, 1.807) is 10.6 Å². The molecule has 39 heavy (non-hydrogen) atoms. The number of rotatable bonds is 10. The summed E-state index contributed by atoms with van der Waals surface area (Å²) in [4.78, 5) is 18.8. The molecule has 0 bridgehead atoms. The molecule has 0 radical (unpaired) electrons. The lowest BCUT2D eigenvalue weighted by atomic mass is 9.98. The van der Waals surface area contributed by atoms with Crippen LogP contribution in [0.4, 0.5) is 0 Å². The molecule has 5 aromatic rings. The van der Waals surface area contributed by atoms with Crippen molar-refractivity contribution in [3.05, 3.63) is 76.3 Å². The van der Waals surface area contributed by atoms with E-state index in [0.29, 0.717) is 52.8 Å². The normalized spacial score (nSPS) is 11.1. The number of methoxy groups -OCH3 is 3. The van der Waals surface area contributed by atoms with Crippen LogP contribution in [0.25, 0.3) is 33.4 Å². The molecule has 200 valence electrons. The molecule has 5 rings (SSSR count). The van der Waals surface area contributed by atoms with E-state index in [1.165, 1.54) is 21.3 Å². The molecular formula is C29H30N6O4. The van der Waals surface area contributed by atoms with Gasteiger partial charge in [-0.05, 0) is 34.4 Å². The Kier molecular flexibility index (Phi) is 7.53. The summed E-state index contributed by atoms with van der Waals surface area (Å²) in [5.41, 5.74) is 4.17. The number of nitrogens with one attached hydrogen (secondary N) is 1. The molecule has 1 N–H and O–H groups in total. The van der Waals surface area contributed by atoms with Crippen LogP contribution in [0.2, 0.25) is 0 Å². The number of hydrogen-bond acceptors (Lipinski definition) is 8. The van der Waals surface area contributed by atoms with Crippen molar-refractivity contribution in [2.24, 2.45) is 0 Å². The minimum Gasteiger partial charge on any atom is -0.493 e. The van der Waals surface area contributed by atoms with Crippen molar-refractivity contribution >= 4 is 10.9 Å². The zero-order valence-electron chi connectivity index (χ0n) is 22.4. The molecular weight excluding hydrogens is 496 g/mol. The van der Waals surface area contributed by atoms with Crippen molar-refractivity contribution in [2.75, 3.05) is 21.3 Å². The molecule has 10 heteroatoms. The van der Waals surface area contributed by atoms with E-state index >= 15 is 0 Å². The number of hydrogen-bond donors (Lipinski definition) is 1. The van der Waals surface area contributed by atoms with Crippen molar-refractivity contribution in [1.82, 2.24) is 30.2 Å². The third-order valence-electron chi connectivity index (χ3n) is 6.70. The maximum absolute atomic E-state index is 13.9. The Morgan fingerprint density at radius 1 is 0.923 bits per heavy atom. The molecule has 2 aromatic heterocycles. The molecule has 0 unspecified atom stereocenters. The monoisotopic (exact) mass is 526 g/mol. The van der Waals surface area contributed by atoms with E-state index in [0.717, 1.165) is 35.1 Å². The van der Waals surface area contributed by atoms with E-state index in [2.05, 4.69) is 27.5 Å². The van der Waals surface area contributed by atoms with E-state index < -0.39 is 0 Å². The van der Waals surface area contributed by atoms with Crippen LogP contribution < -0.4 is 19.8 Å². The number of nitrogens with zero attached hydrogens (tertiary/aromatic N) is 5. The van der Waals surface area contributed by atoms with Crippen molar-refractivity contribution in [3.8, 4) is 39.8 Å². The number of aromatic amines is 1. The van der Waals surface area contributed by atoms with Gasteiger partial charge in [0.15, 0.2) is 11.5 Å². The average molecular weight is 527 g/mol. The average Bonchev–Trinajstić information content (AvgIpc) is 3.52. The van der Waals surface area contributed by atoms with Crippen LogP contribution in [0.5, 0.6) is 17.2 Å². The molecule has 0 spiro atoms. The second kappa shape index (κ2) is 11.3. The molecule has 3 aromatic carbocycles. The molecule has 0 aliphatic carbocycles. The van der Waals surface area contributed by atoms with Crippen LogP contribution in [0.15, 0.2) is 59.4 Å². The summed E-state index contributed by atoms with van der Waals surface area (Å²) < 4.78 is 18.4. The Bertz CT molecular complexity index is 1650. The fourth-order valence-electron chi connectivity index (χ4n) is 4.73. The van der Waals surface area contributed by atoms with Crippen LogP contribution in [-0.4, -0.2) is 51.5 Å². The first-order chi connectivity index (χ1) is 19.1. The van der Waals surface area contributed by atoms with Crippen LogP contribution in [0.3, 0.4) is 0 Å². The Morgan fingerprint density at radius 2 is 1.67 bits per heavy atom. The summed E-state index contributed by atoms with van der Waals surface area (Å²) in [5, 5.41) is 14.9. The predicted molar refractivity (Wildman–Crippen MR) is 148 cm³/mol.